The highest BCUT2D eigenvalue weighted by Crippen LogP contribution is 2.35. The van der Waals surface area contributed by atoms with Crippen molar-refractivity contribution in [1.29, 1.82) is 0 Å². The van der Waals surface area contributed by atoms with Gasteiger partial charge in [0.1, 0.15) is 0 Å². The highest BCUT2D eigenvalue weighted by molar-refractivity contribution is 5.04. The van der Waals surface area contributed by atoms with Gasteiger partial charge in [-0.25, -0.2) is 0 Å². The molecule has 1 fully saturated rings. The second-order valence-corrected chi connectivity index (χ2v) is 5.57. The van der Waals surface area contributed by atoms with E-state index in [0.29, 0.717) is 12.8 Å². The molecule has 1 saturated carbocycles. The van der Waals surface area contributed by atoms with Crippen molar-refractivity contribution in [3.8, 4) is 0 Å². The highest BCUT2D eigenvalue weighted by Gasteiger charge is 2.39. The van der Waals surface area contributed by atoms with Crippen molar-refractivity contribution in [2.75, 3.05) is 6.61 Å². The summed E-state index contributed by atoms with van der Waals surface area (Å²) in [5, 5.41) is 38.6. The molecule has 0 heterocycles. The Balaban J connectivity index is 2.47. The van der Waals surface area contributed by atoms with Gasteiger partial charge in [-0.05, 0) is 18.8 Å². The van der Waals surface area contributed by atoms with Crippen LogP contribution in [-0.4, -0.2) is 45.3 Å². The third kappa shape index (κ3) is 5.22. The highest BCUT2D eigenvalue weighted by atomic mass is 16.3. The first-order chi connectivity index (χ1) is 9.10. The molecule has 1 aliphatic rings. The molecule has 0 radical (unpaired) electrons. The molecule has 0 unspecified atom stereocenters. The van der Waals surface area contributed by atoms with E-state index in [1.165, 1.54) is 0 Å². The number of aliphatic hydroxyl groups excluding tert-OH is 4. The first-order valence-corrected chi connectivity index (χ1v) is 7.43. The molecular weight excluding hydrogens is 244 g/mol. The van der Waals surface area contributed by atoms with Crippen molar-refractivity contribution in [1.82, 2.24) is 0 Å². The molecule has 5 atom stereocenters. The van der Waals surface area contributed by atoms with Crippen LogP contribution in [0.3, 0.4) is 0 Å². The van der Waals surface area contributed by atoms with E-state index in [9.17, 15) is 15.3 Å². The van der Waals surface area contributed by atoms with Crippen LogP contribution in [0.25, 0.3) is 0 Å². The Kier molecular flexibility index (Phi) is 7.61. The largest absolute Gasteiger partial charge is 0.396 e. The van der Waals surface area contributed by atoms with Crippen LogP contribution in [0.15, 0.2) is 12.2 Å². The lowest BCUT2D eigenvalue weighted by molar-refractivity contribution is 0.103. The SMILES string of the molecule is CCCCC[C@@H](O)/C=C/[C@@H]1[C@@H](CCO)[C@@H](O)C[C@H]1O. The predicted octanol–water partition coefficient (Wildman–Crippen LogP) is 1.22. The summed E-state index contributed by atoms with van der Waals surface area (Å²) in [7, 11) is 0. The number of unbranched alkanes of at least 4 members (excludes halogenated alkanes) is 2. The van der Waals surface area contributed by atoms with E-state index in [-0.39, 0.29) is 18.4 Å². The molecule has 0 aromatic carbocycles. The quantitative estimate of drug-likeness (QED) is 0.396. The van der Waals surface area contributed by atoms with Gasteiger partial charge in [-0.1, -0.05) is 38.3 Å². The van der Waals surface area contributed by atoms with Crippen LogP contribution < -0.4 is 0 Å². The Morgan fingerprint density at radius 1 is 1.21 bits per heavy atom. The van der Waals surface area contributed by atoms with Gasteiger partial charge in [0, 0.05) is 18.9 Å². The van der Waals surface area contributed by atoms with E-state index in [2.05, 4.69) is 6.92 Å². The van der Waals surface area contributed by atoms with E-state index in [1.54, 1.807) is 6.08 Å². The van der Waals surface area contributed by atoms with Crippen LogP contribution in [-0.2, 0) is 0 Å². The summed E-state index contributed by atoms with van der Waals surface area (Å²) >= 11 is 0. The third-order valence-corrected chi connectivity index (χ3v) is 4.04. The maximum atomic E-state index is 9.91. The molecule has 1 aliphatic carbocycles. The number of aliphatic hydroxyl groups is 4. The van der Waals surface area contributed by atoms with Gasteiger partial charge in [0.2, 0.25) is 0 Å². The van der Waals surface area contributed by atoms with E-state index in [4.69, 9.17) is 5.11 Å². The second kappa shape index (κ2) is 8.69. The van der Waals surface area contributed by atoms with Crippen molar-refractivity contribution in [2.45, 2.75) is 63.8 Å². The van der Waals surface area contributed by atoms with E-state index < -0.39 is 18.3 Å². The fraction of sp³-hybridized carbons (Fsp3) is 0.867. The molecule has 112 valence electrons. The van der Waals surface area contributed by atoms with Gasteiger partial charge >= 0.3 is 0 Å². The molecule has 1 rings (SSSR count). The molecule has 0 spiro atoms. The van der Waals surface area contributed by atoms with Crippen molar-refractivity contribution >= 4 is 0 Å². The van der Waals surface area contributed by atoms with Crippen LogP contribution in [0.4, 0.5) is 0 Å². The maximum Gasteiger partial charge on any atom is 0.0721 e. The molecule has 0 aliphatic heterocycles. The Bertz CT molecular complexity index is 267. The van der Waals surface area contributed by atoms with E-state index in [1.807, 2.05) is 6.08 Å². The maximum absolute atomic E-state index is 9.91. The summed E-state index contributed by atoms with van der Waals surface area (Å²) in [4.78, 5) is 0. The van der Waals surface area contributed by atoms with Gasteiger partial charge < -0.3 is 20.4 Å². The minimum Gasteiger partial charge on any atom is -0.396 e. The zero-order chi connectivity index (χ0) is 14.3. The lowest BCUT2D eigenvalue weighted by Gasteiger charge is -2.20. The van der Waals surface area contributed by atoms with Gasteiger partial charge in [0.25, 0.3) is 0 Å². The molecular formula is C15H28O4. The normalized spacial score (nSPS) is 33.1. The fourth-order valence-corrected chi connectivity index (χ4v) is 2.88. The zero-order valence-corrected chi connectivity index (χ0v) is 11.8. The van der Waals surface area contributed by atoms with Gasteiger partial charge in [0.15, 0.2) is 0 Å². The summed E-state index contributed by atoms with van der Waals surface area (Å²) in [6.45, 7) is 2.13. The fourth-order valence-electron chi connectivity index (χ4n) is 2.88. The summed E-state index contributed by atoms with van der Waals surface area (Å²) in [5.74, 6) is -0.276. The molecule has 0 aromatic heterocycles. The van der Waals surface area contributed by atoms with Crippen molar-refractivity contribution in [2.24, 2.45) is 11.8 Å². The minimum atomic E-state index is -0.578. The third-order valence-electron chi connectivity index (χ3n) is 4.04. The van der Waals surface area contributed by atoms with Gasteiger partial charge in [0.05, 0.1) is 18.3 Å². The Labute approximate surface area is 115 Å². The second-order valence-electron chi connectivity index (χ2n) is 5.57. The lowest BCUT2D eigenvalue weighted by atomic mass is 9.90. The smallest absolute Gasteiger partial charge is 0.0721 e. The molecule has 0 saturated heterocycles. The molecule has 4 heteroatoms. The van der Waals surface area contributed by atoms with E-state index >= 15 is 0 Å². The summed E-state index contributed by atoms with van der Waals surface area (Å²) in [5.41, 5.74) is 0. The van der Waals surface area contributed by atoms with Gasteiger partial charge in [-0.15, -0.1) is 0 Å². The van der Waals surface area contributed by atoms with Gasteiger partial charge in [-0.3, -0.25) is 0 Å². The first-order valence-electron chi connectivity index (χ1n) is 7.43. The van der Waals surface area contributed by atoms with Crippen LogP contribution >= 0.6 is 0 Å². The zero-order valence-electron chi connectivity index (χ0n) is 11.8. The Morgan fingerprint density at radius 2 is 1.95 bits per heavy atom. The molecule has 4 nitrogen and oxygen atoms in total. The number of hydrogen-bond acceptors (Lipinski definition) is 4. The average Bonchev–Trinajstić information content (AvgIpc) is 2.63. The molecule has 19 heavy (non-hydrogen) atoms. The van der Waals surface area contributed by atoms with Gasteiger partial charge in [-0.2, -0.15) is 0 Å². The van der Waals surface area contributed by atoms with Crippen molar-refractivity contribution in [3.63, 3.8) is 0 Å². The summed E-state index contributed by atoms with van der Waals surface area (Å²) in [6, 6.07) is 0. The molecule has 0 aromatic rings. The summed E-state index contributed by atoms with van der Waals surface area (Å²) in [6.07, 6.45) is 6.74. The van der Waals surface area contributed by atoms with Crippen molar-refractivity contribution < 1.29 is 20.4 Å². The topological polar surface area (TPSA) is 80.9 Å². The molecule has 0 amide bonds. The monoisotopic (exact) mass is 272 g/mol. The average molecular weight is 272 g/mol. The van der Waals surface area contributed by atoms with Crippen LogP contribution in [0.1, 0.15) is 45.4 Å². The van der Waals surface area contributed by atoms with Crippen LogP contribution in [0.5, 0.6) is 0 Å². The van der Waals surface area contributed by atoms with Crippen molar-refractivity contribution in [3.05, 3.63) is 12.2 Å². The number of rotatable bonds is 8. The Hall–Kier alpha value is -0.420. The van der Waals surface area contributed by atoms with Crippen LogP contribution in [0, 0.1) is 11.8 Å². The Morgan fingerprint density at radius 3 is 2.58 bits per heavy atom. The molecule has 0 bridgehead atoms. The summed E-state index contributed by atoms with van der Waals surface area (Å²) < 4.78 is 0. The predicted molar refractivity (Wildman–Crippen MR) is 74.6 cm³/mol. The van der Waals surface area contributed by atoms with Crippen LogP contribution in [0.2, 0.25) is 0 Å². The lowest BCUT2D eigenvalue weighted by Crippen LogP contribution is -2.22. The van der Waals surface area contributed by atoms with E-state index in [0.717, 1.165) is 25.7 Å². The number of hydrogen-bond donors (Lipinski definition) is 4. The molecule has 4 N–H and O–H groups in total. The minimum absolute atomic E-state index is 0.0117. The standard InChI is InChI=1S/C15H28O4/c1-2-3-4-5-11(17)6-7-12-13(8-9-16)15(19)10-14(12)18/h6-7,11-19H,2-5,8-10H2,1H3/b7-6+/t11-,12-,13-,14-,15+/m1/s1. The first kappa shape index (κ1) is 16.6.